The highest BCUT2D eigenvalue weighted by Gasteiger charge is 2.22. The Hall–Kier alpha value is -0.950. The van der Waals surface area contributed by atoms with Gasteiger partial charge in [0.1, 0.15) is 5.25 Å². The van der Waals surface area contributed by atoms with E-state index in [2.05, 4.69) is 10.1 Å². The fourth-order valence-corrected chi connectivity index (χ4v) is 1.44. The van der Waals surface area contributed by atoms with Crippen LogP contribution in [0.25, 0.3) is 0 Å². The standard InChI is InChI=1S/C8H14N2O4S/c1-6(15(2,12)13)8-9-7(14-10-8)4-3-5-11/h6,11H,3-5H2,1-2H3. The van der Waals surface area contributed by atoms with E-state index < -0.39 is 15.1 Å². The summed E-state index contributed by atoms with van der Waals surface area (Å²) in [6.45, 7) is 1.55. The van der Waals surface area contributed by atoms with Crippen LogP contribution >= 0.6 is 0 Å². The molecule has 0 saturated heterocycles. The number of hydrogen-bond acceptors (Lipinski definition) is 6. The Labute approximate surface area is 88.2 Å². The van der Waals surface area contributed by atoms with E-state index in [1.807, 2.05) is 0 Å². The highest BCUT2D eigenvalue weighted by molar-refractivity contribution is 7.90. The van der Waals surface area contributed by atoms with Gasteiger partial charge in [-0.1, -0.05) is 5.16 Å². The molecule has 0 spiro atoms. The zero-order valence-corrected chi connectivity index (χ0v) is 9.49. The van der Waals surface area contributed by atoms with E-state index in [1.165, 1.54) is 6.92 Å². The Kier molecular flexibility index (Phi) is 3.81. The maximum atomic E-state index is 11.2. The maximum Gasteiger partial charge on any atom is 0.226 e. The molecular weight excluding hydrogens is 220 g/mol. The molecule has 0 aliphatic carbocycles. The molecule has 6 nitrogen and oxygen atoms in total. The van der Waals surface area contributed by atoms with Crippen molar-refractivity contribution in [3.05, 3.63) is 11.7 Å². The van der Waals surface area contributed by atoms with Crippen molar-refractivity contribution in [1.29, 1.82) is 0 Å². The van der Waals surface area contributed by atoms with Gasteiger partial charge in [-0.2, -0.15) is 4.98 Å². The average molecular weight is 234 g/mol. The summed E-state index contributed by atoms with van der Waals surface area (Å²) in [6, 6.07) is 0. The number of aliphatic hydroxyl groups excluding tert-OH is 1. The van der Waals surface area contributed by atoms with Gasteiger partial charge in [-0.25, -0.2) is 8.42 Å². The molecule has 1 N–H and O–H groups in total. The molecule has 1 heterocycles. The molecule has 1 aromatic rings. The first-order valence-electron chi connectivity index (χ1n) is 4.57. The Balaban J connectivity index is 2.76. The average Bonchev–Trinajstić information content (AvgIpc) is 2.60. The predicted octanol–water partition coefficient (Wildman–Crippen LogP) is 0.100. The van der Waals surface area contributed by atoms with Crippen molar-refractivity contribution >= 4 is 9.84 Å². The van der Waals surface area contributed by atoms with Crippen LogP contribution in [0.2, 0.25) is 0 Å². The van der Waals surface area contributed by atoms with Gasteiger partial charge in [0, 0.05) is 19.3 Å². The molecule has 0 aliphatic heterocycles. The molecule has 1 unspecified atom stereocenters. The molecule has 0 fully saturated rings. The molecule has 86 valence electrons. The van der Waals surface area contributed by atoms with Gasteiger partial charge in [0.15, 0.2) is 15.7 Å². The minimum absolute atomic E-state index is 0.0410. The highest BCUT2D eigenvalue weighted by Crippen LogP contribution is 2.17. The van der Waals surface area contributed by atoms with Gasteiger partial charge in [0.2, 0.25) is 5.89 Å². The first kappa shape index (κ1) is 12.1. The van der Waals surface area contributed by atoms with Gasteiger partial charge < -0.3 is 9.63 Å². The zero-order chi connectivity index (χ0) is 11.5. The fraction of sp³-hybridized carbons (Fsp3) is 0.750. The number of sulfone groups is 1. The van der Waals surface area contributed by atoms with E-state index in [-0.39, 0.29) is 12.4 Å². The highest BCUT2D eigenvalue weighted by atomic mass is 32.2. The number of hydrogen-bond donors (Lipinski definition) is 1. The zero-order valence-electron chi connectivity index (χ0n) is 8.67. The second kappa shape index (κ2) is 4.71. The molecule has 0 amide bonds. The van der Waals surface area contributed by atoms with Crippen LogP contribution in [0.4, 0.5) is 0 Å². The fourth-order valence-electron chi connectivity index (χ4n) is 0.956. The Morgan fingerprint density at radius 3 is 2.73 bits per heavy atom. The van der Waals surface area contributed by atoms with Crippen molar-refractivity contribution in [2.24, 2.45) is 0 Å². The minimum atomic E-state index is -3.20. The molecule has 0 bridgehead atoms. The lowest BCUT2D eigenvalue weighted by molar-refractivity contribution is 0.278. The van der Waals surface area contributed by atoms with E-state index >= 15 is 0 Å². The van der Waals surface area contributed by atoms with Gasteiger partial charge >= 0.3 is 0 Å². The van der Waals surface area contributed by atoms with Crippen molar-refractivity contribution in [3.63, 3.8) is 0 Å². The van der Waals surface area contributed by atoms with E-state index in [0.717, 1.165) is 6.26 Å². The number of rotatable bonds is 5. The van der Waals surface area contributed by atoms with Crippen LogP contribution < -0.4 is 0 Å². The number of aryl methyl sites for hydroxylation is 1. The van der Waals surface area contributed by atoms with E-state index in [4.69, 9.17) is 9.63 Å². The first-order valence-corrected chi connectivity index (χ1v) is 6.53. The van der Waals surface area contributed by atoms with Crippen molar-refractivity contribution in [3.8, 4) is 0 Å². The third kappa shape index (κ3) is 3.28. The van der Waals surface area contributed by atoms with Gasteiger partial charge in [0.05, 0.1) is 0 Å². The molecule has 1 aromatic heterocycles. The summed E-state index contributed by atoms with van der Waals surface area (Å²) in [5.41, 5.74) is 0. The van der Waals surface area contributed by atoms with Crippen LogP contribution in [0.3, 0.4) is 0 Å². The summed E-state index contributed by atoms with van der Waals surface area (Å²) in [4.78, 5) is 3.95. The normalized spacial score (nSPS) is 14.1. The molecule has 1 atom stereocenters. The molecule has 0 aliphatic rings. The molecule has 0 saturated carbocycles. The molecular formula is C8H14N2O4S. The monoisotopic (exact) mass is 234 g/mol. The van der Waals surface area contributed by atoms with Crippen molar-refractivity contribution in [2.45, 2.75) is 25.0 Å². The lowest BCUT2D eigenvalue weighted by Gasteiger charge is -2.01. The second-order valence-electron chi connectivity index (χ2n) is 3.35. The van der Waals surface area contributed by atoms with Crippen LogP contribution in [0, 0.1) is 0 Å². The Bertz CT molecular complexity index is 412. The Morgan fingerprint density at radius 2 is 2.20 bits per heavy atom. The van der Waals surface area contributed by atoms with Crippen LogP contribution in [-0.4, -0.2) is 36.5 Å². The van der Waals surface area contributed by atoms with Crippen LogP contribution in [0.1, 0.15) is 30.3 Å². The lowest BCUT2D eigenvalue weighted by atomic mass is 10.3. The number of aliphatic hydroxyl groups is 1. The van der Waals surface area contributed by atoms with Crippen LogP contribution in [0.15, 0.2) is 4.52 Å². The van der Waals surface area contributed by atoms with Gasteiger partial charge in [-0.05, 0) is 13.3 Å². The predicted molar refractivity (Wildman–Crippen MR) is 53.0 cm³/mol. The van der Waals surface area contributed by atoms with Crippen molar-refractivity contribution in [2.75, 3.05) is 12.9 Å². The largest absolute Gasteiger partial charge is 0.396 e. The lowest BCUT2D eigenvalue weighted by Crippen LogP contribution is -2.09. The molecule has 0 aromatic carbocycles. The second-order valence-corrected chi connectivity index (χ2v) is 5.71. The Morgan fingerprint density at radius 1 is 1.53 bits per heavy atom. The summed E-state index contributed by atoms with van der Waals surface area (Å²) in [5, 5.41) is 11.4. The maximum absolute atomic E-state index is 11.2. The van der Waals surface area contributed by atoms with Gasteiger partial charge in [-0.3, -0.25) is 0 Å². The van der Waals surface area contributed by atoms with Gasteiger partial charge in [-0.15, -0.1) is 0 Å². The van der Waals surface area contributed by atoms with E-state index in [9.17, 15) is 8.42 Å². The molecule has 0 radical (unpaired) electrons. The summed E-state index contributed by atoms with van der Waals surface area (Å²) < 4.78 is 27.2. The van der Waals surface area contributed by atoms with Crippen LogP contribution in [0.5, 0.6) is 0 Å². The summed E-state index contributed by atoms with van der Waals surface area (Å²) in [5.74, 6) is 0.528. The number of aromatic nitrogens is 2. The molecule has 7 heteroatoms. The SMILES string of the molecule is CC(c1noc(CCCO)n1)S(C)(=O)=O. The smallest absolute Gasteiger partial charge is 0.226 e. The topological polar surface area (TPSA) is 93.3 Å². The van der Waals surface area contributed by atoms with Crippen molar-refractivity contribution < 1.29 is 18.0 Å². The van der Waals surface area contributed by atoms with E-state index in [1.54, 1.807) is 0 Å². The molecule has 1 rings (SSSR count). The third-order valence-corrected chi connectivity index (χ3v) is 3.53. The first-order chi connectivity index (χ1) is 6.95. The minimum Gasteiger partial charge on any atom is -0.396 e. The quantitative estimate of drug-likeness (QED) is 0.776. The third-order valence-electron chi connectivity index (χ3n) is 2.04. The van der Waals surface area contributed by atoms with Gasteiger partial charge in [0.25, 0.3) is 0 Å². The van der Waals surface area contributed by atoms with Crippen LogP contribution in [-0.2, 0) is 16.3 Å². The summed E-state index contributed by atoms with van der Waals surface area (Å²) in [6.07, 6.45) is 2.11. The molecule has 15 heavy (non-hydrogen) atoms. The van der Waals surface area contributed by atoms with Crippen molar-refractivity contribution in [1.82, 2.24) is 10.1 Å². The summed E-state index contributed by atoms with van der Waals surface area (Å²) in [7, 11) is -3.20. The summed E-state index contributed by atoms with van der Waals surface area (Å²) >= 11 is 0. The van der Waals surface area contributed by atoms with E-state index in [0.29, 0.717) is 18.7 Å². The number of nitrogens with zero attached hydrogens (tertiary/aromatic N) is 2.